The SMILES string of the molecule is FC(F)(F)Oc1ccc2c(c1)CNC(c1ccccc1)C2. The van der Waals surface area contributed by atoms with Gasteiger partial charge in [0.15, 0.2) is 0 Å². The number of rotatable bonds is 2. The van der Waals surface area contributed by atoms with E-state index in [4.69, 9.17) is 0 Å². The summed E-state index contributed by atoms with van der Waals surface area (Å²) in [7, 11) is 0. The Hall–Kier alpha value is -2.01. The van der Waals surface area contributed by atoms with Crippen molar-refractivity contribution in [1.82, 2.24) is 5.32 Å². The maximum Gasteiger partial charge on any atom is 0.573 e. The van der Waals surface area contributed by atoms with Gasteiger partial charge in [0.25, 0.3) is 0 Å². The molecule has 0 amide bonds. The molecular weight excluding hydrogens is 279 g/mol. The third kappa shape index (κ3) is 3.36. The fraction of sp³-hybridized carbons (Fsp3) is 0.250. The van der Waals surface area contributed by atoms with Crippen molar-refractivity contribution in [3.05, 3.63) is 65.2 Å². The number of benzene rings is 2. The van der Waals surface area contributed by atoms with Gasteiger partial charge in [0.1, 0.15) is 5.75 Å². The molecular formula is C16H14F3NO. The van der Waals surface area contributed by atoms with Gasteiger partial charge in [-0.15, -0.1) is 13.2 Å². The summed E-state index contributed by atoms with van der Waals surface area (Å²) in [5, 5.41) is 3.34. The first-order valence-corrected chi connectivity index (χ1v) is 6.67. The van der Waals surface area contributed by atoms with Gasteiger partial charge < -0.3 is 10.1 Å². The zero-order valence-corrected chi connectivity index (χ0v) is 11.2. The van der Waals surface area contributed by atoms with Gasteiger partial charge in [0.2, 0.25) is 0 Å². The van der Waals surface area contributed by atoms with Crippen molar-refractivity contribution >= 4 is 0 Å². The number of halogens is 3. The summed E-state index contributed by atoms with van der Waals surface area (Å²) < 4.78 is 40.6. The van der Waals surface area contributed by atoms with E-state index in [1.165, 1.54) is 17.7 Å². The third-order valence-corrected chi connectivity index (χ3v) is 3.58. The molecule has 1 heterocycles. The molecule has 0 aromatic heterocycles. The van der Waals surface area contributed by atoms with E-state index in [1.807, 2.05) is 30.3 Å². The molecule has 1 aliphatic rings. The first kappa shape index (κ1) is 13.9. The number of alkyl halides is 3. The van der Waals surface area contributed by atoms with E-state index in [9.17, 15) is 13.2 Å². The Balaban J connectivity index is 1.79. The first-order valence-electron chi connectivity index (χ1n) is 6.67. The number of hydrogen-bond donors (Lipinski definition) is 1. The lowest BCUT2D eigenvalue weighted by Gasteiger charge is -2.27. The molecule has 3 rings (SSSR count). The standard InChI is InChI=1S/C16H14F3NO/c17-16(18,19)21-14-7-6-12-9-15(20-10-13(12)8-14)11-4-2-1-3-5-11/h1-8,15,20H,9-10H2. The molecule has 21 heavy (non-hydrogen) atoms. The Morgan fingerprint density at radius 1 is 1.00 bits per heavy atom. The Bertz CT molecular complexity index is 625. The van der Waals surface area contributed by atoms with E-state index in [0.717, 1.165) is 17.5 Å². The quantitative estimate of drug-likeness (QED) is 0.904. The van der Waals surface area contributed by atoms with Crippen LogP contribution >= 0.6 is 0 Å². The smallest absolute Gasteiger partial charge is 0.406 e. The molecule has 0 saturated carbocycles. The second kappa shape index (κ2) is 5.41. The molecule has 0 aliphatic carbocycles. The maximum atomic E-state index is 12.2. The van der Waals surface area contributed by atoms with Gasteiger partial charge in [-0.05, 0) is 35.2 Å². The summed E-state index contributed by atoms with van der Waals surface area (Å²) in [6.45, 7) is 0.532. The van der Waals surface area contributed by atoms with Gasteiger partial charge in [-0.25, -0.2) is 0 Å². The molecule has 5 heteroatoms. The Kier molecular flexibility index (Phi) is 3.59. The second-order valence-electron chi connectivity index (χ2n) is 5.03. The highest BCUT2D eigenvalue weighted by Gasteiger charge is 2.31. The van der Waals surface area contributed by atoms with Gasteiger partial charge in [-0.1, -0.05) is 36.4 Å². The lowest BCUT2D eigenvalue weighted by Crippen LogP contribution is -2.28. The fourth-order valence-corrected chi connectivity index (χ4v) is 2.61. The van der Waals surface area contributed by atoms with Crippen molar-refractivity contribution < 1.29 is 17.9 Å². The zero-order valence-electron chi connectivity index (χ0n) is 11.2. The topological polar surface area (TPSA) is 21.3 Å². The molecule has 2 aromatic carbocycles. The largest absolute Gasteiger partial charge is 0.573 e. The van der Waals surface area contributed by atoms with Crippen molar-refractivity contribution in [2.45, 2.75) is 25.4 Å². The normalized spacial score (nSPS) is 18.1. The van der Waals surface area contributed by atoms with Crippen molar-refractivity contribution in [3.63, 3.8) is 0 Å². The minimum atomic E-state index is -4.65. The van der Waals surface area contributed by atoms with Gasteiger partial charge in [0, 0.05) is 12.6 Å². The van der Waals surface area contributed by atoms with Gasteiger partial charge >= 0.3 is 6.36 Å². The van der Waals surface area contributed by atoms with Gasteiger partial charge in [-0.2, -0.15) is 0 Å². The monoisotopic (exact) mass is 293 g/mol. The number of hydrogen-bond acceptors (Lipinski definition) is 2. The molecule has 2 aromatic rings. The summed E-state index contributed by atoms with van der Waals surface area (Å²) in [4.78, 5) is 0. The highest BCUT2D eigenvalue weighted by molar-refractivity contribution is 5.39. The minimum absolute atomic E-state index is 0.166. The Morgan fingerprint density at radius 2 is 1.76 bits per heavy atom. The molecule has 0 fully saturated rings. The lowest BCUT2D eigenvalue weighted by atomic mass is 9.91. The molecule has 0 spiro atoms. The predicted molar refractivity (Wildman–Crippen MR) is 72.9 cm³/mol. The predicted octanol–water partition coefficient (Wildman–Crippen LogP) is 3.97. The summed E-state index contributed by atoms with van der Waals surface area (Å²) in [5.41, 5.74) is 3.08. The van der Waals surface area contributed by atoms with Crippen LogP contribution in [0.3, 0.4) is 0 Å². The molecule has 0 saturated heterocycles. The summed E-state index contributed by atoms with van der Waals surface area (Å²) in [6, 6.07) is 14.7. The molecule has 1 N–H and O–H groups in total. The van der Waals surface area contributed by atoms with E-state index in [2.05, 4.69) is 10.1 Å². The van der Waals surface area contributed by atoms with E-state index in [1.54, 1.807) is 6.07 Å². The van der Waals surface area contributed by atoms with Crippen LogP contribution in [0.15, 0.2) is 48.5 Å². The average Bonchev–Trinajstić information content (AvgIpc) is 2.46. The van der Waals surface area contributed by atoms with Crippen LogP contribution in [0, 0.1) is 0 Å². The number of nitrogens with one attached hydrogen (secondary N) is 1. The fourth-order valence-electron chi connectivity index (χ4n) is 2.61. The molecule has 0 bridgehead atoms. The number of fused-ring (bicyclic) bond motifs is 1. The average molecular weight is 293 g/mol. The Labute approximate surface area is 120 Å². The van der Waals surface area contributed by atoms with Crippen LogP contribution in [0.5, 0.6) is 5.75 Å². The van der Waals surface area contributed by atoms with Crippen LogP contribution in [-0.4, -0.2) is 6.36 Å². The highest BCUT2D eigenvalue weighted by Crippen LogP contribution is 2.30. The molecule has 2 nitrogen and oxygen atoms in total. The molecule has 110 valence electrons. The first-order chi connectivity index (χ1) is 10.0. The van der Waals surface area contributed by atoms with E-state index in [0.29, 0.717) is 6.54 Å². The van der Waals surface area contributed by atoms with E-state index in [-0.39, 0.29) is 11.8 Å². The minimum Gasteiger partial charge on any atom is -0.406 e. The Morgan fingerprint density at radius 3 is 2.48 bits per heavy atom. The van der Waals surface area contributed by atoms with Crippen LogP contribution < -0.4 is 10.1 Å². The van der Waals surface area contributed by atoms with Crippen molar-refractivity contribution in [1.29, 1.82) is 0 Å². The summed E-state index contributed by atoms with van der Waals surface area (Å²) in [5.74, 6) is -0.166. The summed E-state index contributed by atoms with van der Waals surface area (Å²) in [6.07, 6.45) is -3.89. The van der Waals surface area contributed by atoms with Crippen LogP contribution in [0.2, 0.25) is 0 Å². The van der Waals surface area contributed by atoms with Crippen LogP contribution in [0.25, 0.3) is 0 Å². The van der Waals surface area contributed by atoms with E-state index < -0.39 is 6.36 Å². The van der Waals surface area contributed by atoms with Crippen molar-refractivity contribution in [2.75, 3.05) is 0 Å². The molecule has 1 unspecified atom stereocenters. The van der Waals surface area contributed by atoms with Crippen LogP contribution in [0.4, 0.5) is 13.2 Å². The molecule has 1 aliphatic heterocycles. The molecule has 0 radical (unpaired) electrons. The van der Waals surface area contributed by atoms with Crippen molar-refractivity contribution in [3.8, 4) is 5.75 Å². The van der Waals surface area contributed by atoms with Gasteiger partial charge in [-0.3, -0.25) is 0 Å². The highest BCUT2D eigenvalue weighted by atomic mass is 19.4. The molecule has 1 atom stereocenters. The lowest BCUT2D eigenvalue weighted by molar-refractivity contribution is -0.274. The second-order valence-corrected chi connectivity index (χ2v) is 5.03. The van der Waals surface area contributed by atoms with Gasteiger partial charge in [0.05, 0.1) is 0 Å². The van der Waals surface area contributed by atoms with Crippen molar-refractivity contribution in [2.24, 2.45) is 0 Å². The van der Waals surface area contributed by atoms with Crippen LogP contribution in [-0.2, 0) is 13.0 Å². The summed E-state index contributed by atoms with van der Waals surface area (Å²) >= 11 is 0. The maximum absolute atomic E-state index is 12.2. The van der Waals surface area contributed by atoms with E-state index >= 15 is 0 Å². The zero-order chi connectivity index (χ0) is 14.9. The van der Waals surface area contributed by atoms with Crippen LogP contribution in [0.1, 0.15) is 22.7 Å². The third-order valence-electron chi connectivity index (χ3n) is 3.58. The number of ether oxygens (including phenoxy) is 1.